The fraction of sp³-hybridized carbons (Fsp3) is 0.560. The molecule has 1 fully saturated rings. The van der Waals surface area contributed by atoms with Crippen LogP contribution in [0, 0.1) is 6.92 Å². The number of aliphatic hydroxyl groups excluding tert-OH is 1. The second-order valence-corrected chi connectivity index (χ2v) is 9.32. The molecule has 1 aliphatic heterocycles. The van der Waals surface area contributed by atoms with Gasteiger partial charge in [-0.2, -0.15) is 4.98 Å². The zero-order valence-electron chi connectivity index (χ0n) is 21.7. The fourth-order valence-corrected chi connectivity index (χ4v) is 4.10. The molecule has 3 rings (SSSR count). The number of aliphatic hydroxyl groups is 1. The largest absolute Gasteiger partial charge is 0.516 e. The number of hydrogen-bond acceptors (Lipinski definition) is 9. The molecule has 2 N–H and O–H groups in total. The van der Waals surface area contributed by atoms with Crippen LogP contribution in [0.4, 0.5) is 6.01 Å². The summed E-state index contributed by atoms with van der Waals surface area (Å²) in [5, 5.41) is 18.8. The van der Waals surface area contributed by atoms with Crippen molar-refractivity contribution in [3.05, 3.63) is 42.4 Å². The number of rotatable bonds is 8. The highest BCUT2D eigenvalue weighted by Crippen LogP contribution is 2.25. The molecular weight excluding hydrogens is 468 g/mol. The Morgan fingerprint density at radius 3 is 2.49 bits per heavy atom. The van der Waals surface area contributed by atoms with Crippen molar-refractivity contribution in [3.8, 4) is 5.75 Å². The van der Waals surface area contributed by atoms with Gasteiger partial charge in [0.2, 0.25) is 0 Å². The predicted octanol–water partition coefficient (Wildman–Crippen LogP) is 4.98. The first-order valence-electron chi connectivity index (χ1n) is 11.6. The molecule has 196 valence electrons. The fourth-order valence-electron chi connectivity index (χ4n) is 3.52. The van der Waals surface area contributed by atoms with E-state index in [4.69, 9.17) is 24.3 Å². The summed E-state index contributed by atoms with van der Waals surface area (Å²) in [6, 6.07) is 7.55. The molecule has 0 radical (unpaired) electrons. The minimum atomic E-state index is -0.833. The van der Waals surface area contributed by atoms with Gasteiger partial charge in [-0.25, -0.2) is 0 Å². The molecular formula is C25H40N4O5S. The number of thioether (sulfide) groups is 1. The van der Waals surface area contributed by atoms with Crippen LogP contribution in [0.5, 0.6) is 5.75 Å². The summed E-state index contributed by atoms with van der Waals surface area (Å²) in [6.07, 6.45) is 5.04. The molecule has 1 saturated heterocycles. The maximum atomic E-state index is 9.00. The lowest BCUT2D eigenvalue weighted by Crippen LogP contribution is -2.44. The second kappa shape index (κ2) is 16.0. The number of piperidine rings is 1. The van der Waals surface area contributed by atoms with Gasteiger partial charge in [0, 0.05) is 43.4 Å². The van der Waals surface area contributed by atoms with E-state index in [1.54, 1.807) is 11.8 Å². The highest BCUT2D eigenvalue weighted by molar-refractivity contribution is 7.98. The number of likely N-dealkylation sites (N-methyl/N-ethyl adjacent to an activating group) is 1. The van der Waals surface area contributed by atoms with Gasteiger partial charge >= 0.3 is 6.01 Å². The third-order valence-corrected chi connectivity index (χ3v) is 6.28. The molecule has 1 aromatic carbocycles. The van der Waals surface area contributed by atoms with Crippen LogP contribution in [-0.2, 0) is 4.79 Å². The first-order valence-corrected chi connectivity index (χ1v) is 12.9. The van der Waals surface area contributed by atoms with Crippen molar-refractivity contribution in [2.75, 3.05) is 44.4 Å². The molecule has 35 heavy (non-hydrogen) atoms. The number of aromatic nitrogens is 2. The Morgan fingerprint density at radius 1 is 1.40 bits per heavy atom. The van der Waals surface area contributed by atoms with Gasteiger partial charge in [-0.3, -0.25) is 9.69 Å². The minimum absolute atomic E-state index is 0.293. The van der Waals surface area contributed by atoms with Crippen LogP contribution in [0.25, 0.3) is 0 Å². The van der Waals surface area contributed by atoms with Crippen molar-refractivity contribution >= 4 is 23.7 Å². The summed E-state index contributed by atoms with van der Waals surface area (Å²) < 4.78 is 11.4. The molecule has 10 heteroatoms. The number of anilines is 1. The lowest BCUT2D eigenvalue weighted by Gasteiger charge is -2.35. The number of ether oxygens (including phenoxy) is 1. The number of nitrogens with zero attached hydrogens (tertiary/aromatic N) is 4. The molecule has 1 aromatic heterocycles. The highest BCUT2D eigenvalue weighted by Gasteiger charge is 2.25. The van der Waals surface area contributed by atoms with E-state index in [2.05, 4.69) is 78.8 Å². The van der Waals surface area contributed by atoms with Crippen LogP contribution < -0.4 is 9.64 Å². The van der Waals surface area contributed by atoms with Crippen molar-refractivity contribution < 1.29 is 24.3 Å². The van der Waals surface area contributed by atoms with E-state index in [-0.39, 0.29) is 0 Å². The third-order valence-electron chi connectivity index (χ3n) is 5.38. The third kappa shape index (κ3) is 11.0. The van der Waals surface area contributed by atoms with Gasteiger partial charge in [-0.05, 0) is 56.8 Å². The van der Waals surface area contributed by atoms with Gasteiger partial charge < -0.3 is 24.4 Å². The van der Waals surface area contributed by atoms with Gasteiger partial charge in [-0.15, -0.1) is 11.8 Å². The first kappa shape index (κ1) is 30.3. The highest BCUT2D eigenvalue weighted by atomic mass is 32.2. The molecule has 9 nitrogen and oxygen atoms in total. The SMILES string of the molecule is C=CO.CC(=O)O.CSc1ccc(OCCN(C)C2CCN(c3nc(C(C)C)no3)CC2)cc1C. The van der Waals surface area contributed by atoms with Crippen molar-refractivity contribution in [2.45, 2.75) is 57.4 Å². The van der Waals surface area contributed by atoms with Crippen LogP contribution in [-0.4, -0.2) is 76.8 Å². The molecule has 0 bridgehead atoms. The molecule has 0 amide bonds. The number of benzene rings is 1. The summed E-state index contributed by atoms with van der Waals surface area (Å²) in [6.45, 7) is 13.8. The van der Waals surface area contributed by atoms with Crippen LogP contribution in [0.3, 0.4) is 0 Å². The molecule has 0 unspecified atom stereocenters. The monoisotopic (exact) mass is 508 g/mol. The molecule has 0 aliphatic carbocycles. The number of carboxylic acid groups (broad SMARTS) is 1. The number of hydrogen-bond donors (Lipinski definition) is 2. The van der Waals surface area contributed by atoms with E-state index in [0.717, 1.165) is 57.2 Å². The molecule has 0 atom stereocenters. The van der Waals surface area contributed by atoms with Crippen molar-refractivity contribution in [2.24, 2.45) is 0 Å². The molecule has 2 aromatic rings. The first-order chi connectivity index (χ1) is 16.6. The Morgan fingerprint density at radius 2 is 2.00 bits per heavy atom. The van der Waals surface area contributed by atoms with Crippen molar-refractivity contribution in [3.63, 3.8) is 0 Å². The summed E-state index contributed by atoms with van der Waals surface area (Å²) in [4.78, 5) is 19.4. The summed E-state index contributed by atoms with van der Waals surface area (Å²) >= 11 is 1.77. The molecule has 0 saturated carbocycles. The Bertz CT molecular complexity index is 894. The average Bonchev–Trinajstić information content (AvgIpc) is 3.30. The molecule has 1 aliphatic rings. The summed E-state index contributed by atoms with van der Waals surface area (Å²) in [5.41, 5.74) is 1.27. The van der Waals surface area contributed by atoms with E-state index in [9.17, 15) is 0 Å². The topological polar surface area (TPSA) is 112 Å². The van der Waals surface area contributed by atoms with E-state index >= 15 is 0 Å². The number of aryl methyl sites for hydroxylation is 1. The average molecular weight is 509 g/mol. The lowest BCUT2D eigenvalue weighted by atomic mass is 10.0. The molecule has 0 spiro atoms. The van der Waals surface area contributed by atoms with Gasteiger partial charge in [0.1, 0.15) is 12.4 Å². The van der Waals surface area contributed by atoms with Crippen molar-refractivity contribution in [1.29, 1.82) is 0 Å². The van der Waals surface area contributed by atoms with Crippen LogP contribution in [0.1, 0.15) is 50.9 Å². The number of aliphatic carboxylic acids is 1. The van der Waals surface area contributed by atoms with Crippen LogP contribution in [0.2, 0.25) is 0 Å². The predicted molar refractivity (Wildman–Crippen MR) is 141 cm³/mol. The van der Waals surface area contributed by atoms with E-state index < -0.39 is 5.97 Å². The zero-order valence-corrected chi connectivity index (χ0v) is 22.5. The Labute approximate surface area is 213 Å². The normalized spacial score (nSPS) is 13.5. The van der Waals surface area contributed by atoms with Crippen molar-refractivity contribution in [1.82, 2.24) is 15.0 Å². The van der Waals surface area contributed by atoms with E-state index in [0.29, 0.717) is 24.6 Å². The summed E-state index contributed by atoms with van der Waals surface area (Å²) in [5.74, 6) is 1.20. The Kier molecular flexibility index (Phi) is 13.9. The van der Waals surface area contributed by atoms with Crippen LogP contribution >= 0.6 is 11.8 Å². The minimum Gasteiger partial charge on any atom is -0.516 e. The van der Waals surface area contributed by atoms with Gasteiger partial charge in [-0.1, -0.05) is 25.6 Å². The number of carbonyl (C=O) groups is 1. The maximum Gasteiger partial charge on any atom is 0.324 e. The number of carboxylic acids is 1. The Hall–Kier alpha value is -2.72. The summed E-state index contributed by atoms with van der Waals surface area (Å²) in [7, 11) is 2.19. The van der Waals surface area contributed by atoms with Gasteiger partial charge in [0.25, 0.3) is 5.97 Å². The maximum absolute atomic E-state index is 9.00. The zero-order chi connectivity index (χ0) is 26.4. The quantitative estimate of drug-likeness (QED) is 0.374. The standard InChI is InChI=1S/C21H32N4O2S.C2H4O2.C2H4O/c1-15(2)20-22-21(27-23-20)25-10-8-17(9-11-25)24(4)12-13-26-18-6-7-19(28-5)16(3)14-18;1-2(3)4;1-2-3/h6-7,14-15,17H,8-13H2,1-5H3;1H3,(H,3,4);2-3H,1H2. The van der Waals surface area contributed by atoms with Crippen LogP contribution in [0.15, 0.2) is 40.5 Å². The van der Waals surface area contributed by atoms with E-state index in [1.807, 2.05) is 0 Å². The smallest absolute Gasteiger partial charge is 0.324 e. The van der Waals surface area contributed by atoms with Gasteiger partial charge in [0.15, 0.2) is 5.82 Å². The van der Waals surface area contributed by atoms with Gasteiger partial charge in [0.05, 0.1) is 6.26 Å². The second-order valence-electron chi connectivity index (χ2n) is 8.47. The Balaban J connectivity index is 0.000000778. The van der Waals surface area contributed by atoms with E-state index in [1.165, 1.54) is 10.5 Å². The molecule has 2 heterocycles. The lowest BCUT2D eigenvalue weighted by molar-refractivity contribution is -0.134.